The molecule has 0 fully saturated rings. The van der Waals surface area contributed by atoms with Crippen molar-refractivity contribution < 1.29 is 4.74 Å². The maximum atomic E-state index is 5.98. The van der Waals surface area contributed by atoms with Crippen LogP contribution in [0.5, 0.6) is 5.75 Å². The zero-order valence-corrected chi connectivity index (χ0v) is 11.8. The lowest BCUT2D eigenvalue weighted by molar-refractivity contribution is 0.363. The minimum Gasteiger partial charge on any atom is -0.490 e. The lowest BCUT2D eigenvalue weighted by Gasteiger charge is -2.10. The fourth-order valence-corrected chi connectivity index (χ4v) is 1.94. The van der Waals surface area contributed by atoms with E-state index in [0.29, 0.717) is 6.61 Å². The van der Waals surface area contributed by atoms with Crippen molar-refractivity contribution >= 4 is 6.08 Å². The van der Waals surface area contributed by atoms with Crippen molar-refractivity contribution in [3.8, 4) is 5.75 Å². The van der Waals surface area contributed by atoms with Gasteiger partial charge in [-0.25, -0.2) is 0 Å². The molecule has 0 unspecified atom stereocenters. The summed E-state index contributed by atoms with van der Waals surface area (Å²) in [4.78, 5) is 0. The van der Waals surface area contributed by atoms with Crippen LogP contribution >= 0.6 is 0 Å². The minimum atomic E-state index is 0.113. The van der Waals surface area contributed by atoms with Crippen LogP contribution in [0.2, 0.25) is 0 Å². The molecule has 0 heterocycles. The summed E-state index contributed by atoms with van der Waals surface area (Å²) in [5.41, 5.74) is 8.31. The van der Waals surface area contributed by atoms with Crippen molar-refractivity contribution in [2.75, 3.05) is 6.61 Å². The third-order valence-electron chi connectivity index (χ3n) is 3.20. The number of rotatable bonds is 6. The van der Waals surface area contributed by atoms with E-state index in [-0.39, 0.29) is 6.04 Å². The van der Waals surface area contributed by atoms with Gasteiger partial charge in [-0.05, 0) is 35.8 Å². The number of nitrogens with two attached hydrogens (primary N) is 1. The molecule has 2 aromatic carbocycles. The summed E-state index contributed by atoms with van der Waals surface area (Å²) in [6.45, 7) is 2.65. The summed E-state index contributed by atoms with van der Waals surface area (Å²) < 4.78 is 5.67. The second kappa shape index (κ2) is 7.51. The number of ether oxygens (including phenoxy) is 1. The Hall–Kier alpha value is -2.06. The Kier molecular flexibility index (Phi) is 5.39. The summed E-state index contributed by atoms with van der Waals surface area (Å²) in [6.07, 6.45) is 5.02. The SMILES string of the molecule is CC[C@@H](N)c1ccc(OCC=Cc2ccccc2)cc1. The van der Waals surface area contributed by atoms with Crippen molar-refractivity contribution in [1.29, 1.82) is 0 Å². The molecule has 0 saturated carbocycles. The summed E-state index contributed by atoms with van der Waals surface area (Å²) in [5, 5.41) is 0. The number of hydrogen-bond acceptors (Lipinski definition) is 2. The summed E-state index contributed by atoms with van der Waals surface area (Å²) in [6, 6.07) is 18.3. The van der Waals surface area contributed by atoms with Crippen molar-refractivity contribution in [2.45, 2.75) is 19.4 Å². The van der Waals surface area contributed by atoms with E-state index in [9.17, 15) is 0 Å². The molecule has 0 aromatic heterocycles. The van der Waals surface area contributed by atoms with Gasteiger partial charge in [0, 0.05) is 6.04 Å². The third-order valence-corrected chi connectivity index (χ3v) is 3.20. The van der Waals surface area contributed by atoms with Gasteiger partial charge in [0.2, 0.25) is 0 Å². The predicted octanol–water partition coefficient (Wildman–Crippen LogP) is 4.19. The van der Waals surface area contributed by atoms with Crippen molar-refractivity contribution in [2.24, 2.45) is 5.73 Å². The second-order valence-corrected chi connectivity index (χ2v) is 4.71. The van der Waals surface area contributed by atoms with Gasteiger partial charge in [-0.3, -0.25) is 0 Å². The van der Waals surface area contributed by atoms with Crippen LogP contribution in [0.15, 0.2) is 60.7 Å². The smallest absolute Gasteiger partial charge is 0.119 e. The lowest BCUT2D eigenvalue weighted by Crippen LogP contribution is -2.08. The summed E-state index contributed by atoms with van der Waals surface area (Å²) in [7, 11) is 0. The van der Waals surface area contributed by atoms with Gasteiger partial charge in [0.1, 0.15) is 12.4 Å². The van der Waals surface area contributed by atoms with Gasteiger partial charge in [0.15, 0.2) is 0 Å². The van der Waals surface area contributed by atoms with Crippen molar-refractivity contribution in [3.63, 3.8) is 0 Å². The maximum Gasteiger partial charge on any atom is 0.119 e. The molecule has 0 saturated heterocycles. The van der Waals surface area contributed by atoms with Gasteiger partial charge in [-0.1, -0.05) is 55.5 Å². The fraction of sp³-hybridized carbons (Fsp3) is 0.222. The molecule has 0 aliphatic rings. The van der Waals surface area contributed by atoms with E-state index in [4.69, 9.17) is 10.5 Å². The van der Waals surface area contributed by atoms with Crippen LogP contribution in [0.25, 0.3) is 6.08 Å². The first-order valence-electron chi connectivity index (χ1n) is 6.99. The quantitative estimate of drug-likeness (QED) is 0.851. The molecule has 1 atom stereocenters. The molecular weight excluding hydrogens is 246 g/mol. The lowest BCUT2D eigenvalue weighted by atomic mass is 10.1. The molecule has 0 aliphatic carbocycles. The molecule has 2 nitrogen and oxygen atoms in total. The van der Waals surface area contributed by atoms with Gasteiger partial charge in [0.05, 0.1) is 0 Å². The van der Waals surface area contributed by atoms with Gasteiger partial charge in [-0.15, -0.1) is 0 Å². The van der Waals surface area contributed by atoms with Crippen LogP contribution in [0.3, 0.4) is 0 Å². The van der Waals surface area contributed by atoms with E-state index in [0.717, 1.165) is 17.7 Å². The first-order chi connectivity index (χ1) is 9.79. The predicted molar refractivity (Wildman–Crippen MR) is 84.6 cm³/mol. The number of benzene rings is 2. The monoisotopic (exact) mass is 267 g/mol. The van der Waals surface area contributed by atoms with E-state index in [1.807, 2.05) is 48.5 Å². The van der Waals surface area contributed by atoms with E-state index >= 15 is 0 Å². The minimum absolute atomic E-state index is 0.113. The first kappa shape index (κ1) is 14.4. The largest absolute Gasteiger partial charge is 0.490 e. The van der Waals surface area contributed by atoms with E-state index in [1.165, 1.54) is 5.56 Å². The normalized spacial score (nSPS) is 12.5. The molecule has 2 heteroatoms. The first-order valence-corrected chi connectivity index (χ1v) is 6.99. The Balaban J connectivity index is 1.84. The van der Waals surface area contributed by atoms with Gasteiger partial charge >= 0.3 is 0 Å². The molecule has 2 rings (SSSR count). The Morgan fingerprint density at radius 1 is 1.05 bits per heavy atom. The standard InChI is InChI=1S/C18H21NO/c1-2-18(19)16-10-12-17(13-11-16)20-14-6-9-15-7-4-3-5-8-15/h3-13,18H,2,14,19H2,1H3/t18-/m1/s1. The van der Waals surface area contributed by atoms with Crippen molar-refractivity contribution in [1.82, 2.24) is 0 Å². The molecule has 0 amide bonds. The third kappa shape index (κ3) is 4.25. The maximum absolute atomic E-state index is 5.98. The van der Waals surface area contributed by atoms with Crippen LogP contribution in [-0.4, -0.2) is 6.61 Å². The van der Waals surface area contributed by atoms with Crippen LogP contribution in [0.1, 0.15) is 30.5 Å². The Morgan fingerprint density at radius 3 is 2.40 bits per heavy atom. The molecule has 2 aromatic rings. The zero-order valence-electron chi connectivity index (χ0n) is 11.8. The molecule has 0 spiro atoms. The molecule has 20 heavy (non-hydrogen) atoms. The molecule has 0 bridgehead atoms. The van der Waals surface area contributed by atoms with Crippen molar-refractivity contribution in [3.05, 3.63) is 71.8 Å². The Bertz CT molecular complexity index is 531. The highest BCUT2D eigenvalue weighted by Gasteiger charge is 2.02. The van der Waals surface area contributed by atoms with E-state index in [1.54, 1.807) is 0 Å². The molecule has 104 valence electrons. The summed E-state index contributed by atoms with van der Waals surface area (Å²) in [5.74, 6) is 0.870. The Labute approximate surface area is 120 Å². The fourth-order valence-electron chi connectivity index (χ4n) is 1.94. The summed E-state index contributed by atoms with van der Waals surface area (Å²) >= 11 is 0. The molecule has 0 aliphatic heterocycles. The average Bonchev–Trinajstić information content (AvgIpc) is 2.52. The van der Waals surface area contributed by atoms with E-state index < -0.39 is 0 Å². The van der Waals surface area contributed by atoms with Gasteiger partial charge in [-0.2, -0.15) is 0 Å². The zero-order chi connectivity index (χ0) is 14.2. The highest BCUT2D eigenvalue weighted by atomic mass is 16.5. The average molecular weight is 267 g/mol. The highest BCUT2D eigenvalue weighted by molar-refractivity contribution is 5.48. The molecule has 2 N–H and O–H groups in total. The van der Waals surface area contributed by atoms with Crippen LogP contribution in [-0.2, 0) is 0 Å². The van der Waals surface area contributed by atoms with Crippen LogP contribution < -0.4 is 10.5 Å². The second-order valence-electron chi connectivity index (χ2n) is 4.71. The topological polar surface area (TPSA) is 35.2 Å². The number of hydrogen-bond donors (Lipinski definition) is 1. The van der Waals surface area contributed by atoms with Crippen LogP contribution in [0.4, 0.5) is 0 Å². The highest BCUT2D eigenvalue weighted by Crippen LogP contribution is 2.18. The van der Waals surface area contributed by atoms with Gasteiger partial charge in [0.25, 0.3) is 0 Å². The molecule has 0 radical (unpaired) electrons. The Morgan fingerprint density at radius 2 is 1.75 bits per heavy atom. The van der Waals surface area contributed by atoms with Gasteiger partial charge < -0.3 is 10.5 Å². The van der Waals surface area contributed by atoms with Crippen LogP contribution in [0, 0.1) is 0 Å². The molecular formula is C18H21NO. The van der Waals surface area contributed by atoms with E-state index in [2.05, 4.69) is 25.1 Å².